The van der Waals surface area contributed by atoms with E-state index >= 15 is 0 Å². The molecule has 1 aromatic carbocycles. The molecule has 3 atom stereocenters. The monoisotopic (exact) mass is 195 g/mol. The molecule has 0 unspecified atom stereocenters. The lowest BCUT2D eigenvalue weighted by Crippen LogP contribution is -2.13. The maximum atomic E-state index is 6.10. The van der Waals surface area contributed by atoms with Crippen molar-refractivity contribution < 1.29 is 0 Å². The highest BCUT2D eigenvalue weighted by molar-refractivity contribution is 6.30. The van der Waals surface area contributed by atoms with Crippen LogP contribution in [0, 0.1) is 11.8 Å². The molecular weight excluding hydrogens is 182 g/mol. The van der Waals surface area contributed by atoms with E-state index in [1.807, 2.05) is 24.3 Å². The molecule has 70 valence electrons. The van der Waals surface area contributed by atoms with Gasteiger partial charge in [0.15, 0.2) is 0 Å². The average molecular weight is 196 g/mol. The molecule has 2 N–H and O–H groups in total. The summed E-state index contributed by atoms with van der Waals surface area (Å²) in [6.45, 7) is 2.25. The molecule has 0 amide bonds. The van der Waals surface area contributed by atoms with Crippen molar-refractivity contribution in [2.75, 3.05) is 0 Å². The van der Waals surface area contributed by atoms with Crippen molar-refractivity contribution in [3.8, 4) is 0 Å². The summed E-state index contributed by atoms with van der Waals surface area (Å²) in [5.41, 5.74) is 7.30. The van der Waals surface area contributed by atoms with Gasteiger partial charge in [-0.05, 0) is 36.0 Å². The number of nitrogens with two attached hydrogens (primary N) is 1. The number of rotatable bonds is 2. The molecule has 0 aliphatic heterocycles. The zero-order chi connectivity index (χ0) is 9.42. The summed E-state index contributed by atoms with van der Waals surface area (Å²) >= 11 is 5.80. The van der Waals surface area contributed by atoms with Crippen LogP contribution in [0.1, 0.15) is 24.9 Å². The lowest BCUT2D eigenvalue weighted by Gasteiger charge is -2.10. The van der Waals surface area contributed by atoms with Gasteiger partial charge in [-0.25, -0.2) is 0 Å². The molecule has 1 aliphatic carbocycles. The Kier molecular flexibility index (Phi) is 2.31. The van der Waals surface area contributed by atoms with Crippen LogP contribution >= 0.6 is 11.6 Å². The molecule has 0 spiro atoms. The third kappa shape index (κ3) is 1.87. The smallest absolute Gasteiger partial charge is 0.0406 e. The van der Waals surface area contributed by atoms with Gasteiger partial charge in [-0.2, -0.15) is 0 Å². The topological polar surface area (TPSA) is 26.0 Å². The van der Waals surface area contributed by atoms with E-state index in [-0.39, 0.29) is 6.04 Å². The van der Waals surface area contributed by atoms with Gasteiger partial charge in [0.25, 0.3) is 0 Å². The van der Waals surface area contributed by atoms with Crippen LogP contribution in [0.4, 0.5) is 0 Å². The number of hydrogen-bond donors (Lipinski definition) is 1. The summed E-state index contributed by atoms with van der Waals surface area (Å²) in [5.74, 6) is 1.48. The molecule has 1 nitrogen and oxygen atoms in total. The van der Waals surface area contributed by atoms with Crippen LogP contribution in [-0.2, 0) is 0 Å². The molecule has 2 heteroatoms. The number of benzene rings is 1. The van der Waals surface area contributed by atoms with Crippen LogP contribution in [0.5, 0.6) is 0 Å². The quantitative estimate of drug-likeness (QED) is 0.772. The molecule has 13 heavy (non-hydrogen) atoms. The molecule has 0 saturated heterocycles. The van der Waals surface area contributed by atoms with E-state index in [2.05, 4.69) is 6.92 Å². The highest BCUT2D eigenvalue weighted by Crippen LogP contribution is 2.45. The van der Waals surface area contributed by atoms with E-state index in [1.54, 1.807) is 0 Å². The summed E-state index contributed by atoms with van der Waals surface area (Å²) < 4.78 is 0. The van der Waals surface area contributed by atoms with E-state index in [9.17, 15) is 0 Å². The normalized spacial score (nSPS) is 28.5. The second-order valence-corrected chi connectivity index (χ2v) is 4.39. The lowest BCUT2D eigenvalue weighted by molar-refractivity contribution is 0.593. The fourth-order valence-electron chi connectivity index (χ4n) is 1.78. The molecule has 0 bridgehead atoms. The lowest BCUT2D eigenvalue weighted by atomic mass is 10.0. The largest absolute Gasteiger partial charge is 0.324 e. The van der Waals surface area contributed by atoms with E-state index in [0.717, 1.165) is 10.9 Å². The Bertz CT molecular complexity index is 293. The van der Waals surface area contributed by atoms with Gasteiger partial charge in [0.05, 0.1) is 0 Å². The third-order valence-corrected chi connectivity index (χ3v) is 3.14. The number of halogens is 1. The molecule has 1 aromatic rings. The van der Waals surface area contributed by atoms with E-state index in [0.29, 0.717) is 5.92 Å². The molecular formula is C11H14ClN. The van der Waals surface area contributed by atoms with E-state index in [4.69, 9.17) is 17.3 Å². The first kappa shape index (κ1) is 9.04. The SMILES string of the molecule is C[C@H]1C[C@@H]1[C@H](N)c1ccc(Cl)cc1. The van der Waals surface area contributed by atoms with Crippen LogP contribution < -0.4 is 5.73 Å². The first-order chi connectivity index (χ1) is 6.18. The number of hydrogen-bond acceptors (Lipinski definition) is 1. The fraction of sp³-hybridized carbons (Fsp3) is 0.455. The zero-order valence-corrected chi connectivity index (χ0v) is 8.46. The second-order valence-electron chi connectivity index (χ2n) is 3.95. The standard InChI is InChI=1S/C11H14ClN/c1-7-6-10(7)11(13)8-2-4-9(12)5-3-8/h2-5,7,10-11H,6,13H2,1H3/t7-,10-,11+/m0/s1. The van der Waals surface area contributed by atoms with Gasteiger partial charge in [-0.1, -0.05) is 30.7 Å². The Balaban J connectivity index is 2.12. The maximum absolute atomic E-state index is 6.10. The van der Waals surface area contributed by atoms with Gasteiger partial charge in [0.1, 0.15) is 0 Å². The fourth-order valence-corrected chi connectivity index (χ4v) is 1.91. The van der Waals surface area contributed by atoms with E-state index in [1.165, 1.54) is 12.0 Å². The van der Waals surface area contributed by atoms with Crippen molar-refractivity contribution >= 4 is 11.6 Å². The van der Waals surface area contributed by atoms with Crippen LogP contribution in [0.25, 0.3) is 0 Å². The zero-order valence-electron chi connectivity index (χ0n) is 7.70. The minimum absolute atomic E-state index is 0.201. The first-order valence-electron chi connectivity index (χ1n) is 4.69. The molecule has 1 aliphatic rings. The molecule has 1 fully saturated rings. The van der Waals surface area contributed by atoms with Gasteiger partial charge < -0.3 is 5.73 Å². The van der Waals surface area contributed by atoms with Crippen molar-refractivity contribution in [2.24, 2.45) is 17.6 Å². The Morgan fingerprint density at radius 3 is 2.38 bits per heavy atom. The van der Waals surface area contributed by atoms with Crippen LogP contribution in [0.3, 0.4) is 0 Å². The van der Waals surface area contributed by atoms with E-state index < -0.39 is 0 Å². The van der Waals surface area contributed by atoms with Crippen LogP contribution in [-0.4, -0.2) is 0 Å². The molecule has 0 radical (unpaired) electrons. The third-order valence-electron chi connectivity index (χ3n) is 2.89. The van der Waals surface area contributed by atoms with Gasteiger partial charge in [-0.3, -0.25) is 0 Å². The summed E-state index contributed by atoms with van der Waals surface area (Å²) in [7, 11) is 0. The Hall–Kier alpha value is -0.530. The predicted molar refractivity (Wildman–Crippen MR) is 55.7 cm³/mol. The minimum atomic E-state index is 0.201. The maximum Gasteiger partial charge on any atom is 0.0406 e. The predicted octanol–water partition coefficient (Wildman–Crippen LogP) is 3.00. The molecule has 2 rings (SSSR count). The van der Waals surface area contributed by atoms with Crippen molar-refractivity contribution in [2.45, 2.75) is 19.4 Å². The summed E-state index contributed by atoms with van der Waals surface area (Å²) in [4.78, 5) is 0. The van der Waals surface area contributed by atoms with Crippen LogP contribution in [0.15, 0.2) is 24.3 Å². The van der Waals surface area contributed by atoms with Crippen molar-refractivity contribution in [3.05, 3.63) is 34.9 Å². The Morgan fingerprint density at radius 2 is 1.92 bits per heavy atom. The summed E-state index contributed by atoms with van der Waals surface area (Å²) in [5, 5.41) is 0.778. The summed E-state index contributed by atoms with van der Waals surface area (Å²) in [6, 6.07) is 8.07. The summed E-state index contributed by atoms with van der Waals surface area (Å²) in [6.07, 6.45) is 1.27. The van der Waals surface area contributed by atoms with Gasteiger partial charge in [0.2, 0.25) is 0 Å². The highest BCUT2D eigenvalue weighted by Gasteiger charge is 2.38. The minimum Gasteiger partial charge on any atom is -0.324 e. The van der Waals surface area contributed by atoms with Gasteiger partial charge >= 0.3 is 0 Å². The highest BCUT2D eigenvalue weighted by atomic mass is 35.5. The van der Waals surface area contributed by atoms with Crippen LogP contribution in [0.2, 0.25) is 5.02 Å². The van der Waals surface area contributed by atoms with Gasteiger partial charge in [-0.15, -0.1) is 0 Å². The van der Waals surface area contributed by atoms with Crippen molar-refractivity contribution in [3.63, 3.8) is 0 Å². The van der Waals surface area contributed by atoms with Crippen molar-refractivity contribution in [1.29, 1.82) is 0 Å². The Morgan fingerprint density at radius 1 is 1.38 bits per heavy atom. The molecule has 1 saturated carbocycles. The van der Waals surface area contributed by atoms with Crippen molar-refractivity contribution in [1.82, 2.24) is 0 Å². The van der Waals surface area contributed by atoms with Gasteiger partial charge in [0, 0.05) is 11.1 Å². The molecule has 0 aromatic heterocycles. The second kappa shape index (κ2) is 3.32. The molecule has 0 heterocycles. The first-order valence-corrected chi connectivity index (χ1v) is 5.07. The Labute approximate surface area is 83.9 Å². The average Bonchev–Trinajstić information content (AvgIpc) is 2.83.